The quantitative estimate of drug-likeness (QED) is 0.0625. The number of carboxylic acid groups (broad SMARTS) is 1. The Hall–Kier alpha value is -3.67. The topological polar surface area (TPSA) is 161 Å². The highest BCUT2D eigenvalue weighted by atomic mass is 35.5. The number of aliphatic hydroxyl groups excluding tert-OH is 2. The molecule has 1 heterocycles. The number of halogens is 2. The maximum atomic E-state index is 12.6. The molecule has 0 aliphatic heterocycles. The van der Waals surface area contributed by atoms with Crippen molar-refractivity contribution >= 4 is 51.9 Å². The van der Waals surface area contributed by atoms with Crippen molar-refractivity contribution in [3.8, 4) is 0 Å². The minimum atomic E-state index is -0.953. The molecule has 0 saturated heterocycles. The molecule has 65 heavy (non-hydrogen) atoms. The minimum absolute atomic E-state index is 0.0394. The van der Waals surface area contributed by atoms with E-state index in [9.17, 15) is 29.7 Å². The van der Waals surface area contributed by atoms with Gasteiger partial charge in [-0.1, -0.05) is 87.2 Å². The number of hydrogen-bond donors (Lipinski definition) is 6. The molecule has 5 saturated carbocycles. The number of esters is 1. The van der Waals surface area contributed by atoms with Crippen molar-refractivity contribution in [3.05, 3.63) is 97.2 Å². The predicted molar refractivity (Wildman–Crippen MR) is 260 cm³/mol. The Balaban J connectivity index is 0.000000201. The standard InChI is InChI=1S/C31H48O6.C22H23Cl2N3O/c1-17(2)9-8-10-20(28(35)36)26-22-15-24(34)27-29(5)13-12-23(33)18(3)21(29)11-14-30(27,6)31(22,7)16-25(26)37-19(4)32;23-17-9-8-14(10-18(17)24)12-25-19-7-3-4-15(19)13-26-22-11-21(28)16-5-1-2-6-20(16)27-22/h9,18,21-25,27,33-34H,8,10-16H2,1-7H3,(H,35,36);1-2,5-6,8-11,15,19,25H,3-4,7,12-13H2,(H2,26,27,28)/b26-20+;/t18-,21-,22-,23+,24+,25-,27?,29-,30-,31-;15-,19+/m01/s1. The van der Waals surface area contributed by atoms with Crippen LogP contribution in [0.5, 0.6) is 0 Å². The first-order valence-electron chi connectivity index (χ1n) is 23.9. The van der Waals surface area contributed by atoms with Crippen LogP contribution in [0.2, 0.25) is 10.0 Å². The molecule has 8 rings (SSSR count). The molecular weight excluding hydrogens is 862 g/mol. The van der Waals surface area contributed by atoms with Gasteiger partial charge in [0, 0.05) is 43.1 Å². The van der Waals surface area contributed by atoms with Crippen LogP contribution >= 0.6 is 23.2 Å². The lowest BCUT2D eigenvalue weighted by molar-refractivity contribution is -0.234. The lowest BCUT2D eigenvalue weighted by Gasteiger charge is -2.69. The Morgan fingerprint density at radius 3 is 2.40 bits per heavy atom. The van der Waals surface area contributed by atoms with Crippen molar-refractivity contribution in [2.45, 2.75) is 150 Å². The number of aromatic amines is 1. The van der Waals surface area contributed by atoms with Gasteiger partial charge < -0.3 is 35.7 Å². The van der Waals surface area contributed by atoms with Gasteiger partial charge in [-0.2, -0.15) is 0 Å². The van der Waals surface area contributed by atoms with E-state index in [2.05, 4.69) is 43.3 Å². The Morgan fingerprint density at radius 1 is 0.938 bits per heavy atom. The van der Waals surface area contributed by atoms with Gasteiger partial charge in [-0.3, -0.25) is 9.59 Å². The fourth-order valence-corrected chi connectivity index (χ4v) is 14.1. The fourth-order valence-electron chi connectivity index (χ4n) is 13.8. The molecule has 5 aliphatic rings. The van der Waals surface area contributed by atoms with E-state index in [1.807, 2.05) is 62.4 Å². The number of ether oxygens (including phenoxy) is 1. The molecule has 354 valence electrons. The lowest BCUT2D eigenvalue weighted by atomic mass is 9.36. The van der Waals surface area contributed by atoms with Crippen molar-refractivity contribution in [1.82, 2.24) is 10.3 Å². The summed E-state index contributed by atoms with van der Waals surface area (Å²) < 4.78 is 5.87. The molecule has 2 aromatic carbocycles. The maximum Gasteiger partial charge on any atom is 0.331 e. The number of aliphatic hydroxyl groups is 2. The predicted octanol–water partition coefficient (Wildman–Crippen LogP) is 10.9. The van der Waals surface area contributed by atoms with Crippen molar-refractivity contribution < 1.29 is 29.6 Å². The molecule has 12 atom stereocenters. The van der Waals surface area contributed by atoms with E-state index in [4.69, 9.17) is 27.9 Å². The summed E-state index contributed by atoms with van der Waals surface area (Å²) >= 11 is 12.1. The van der Waals surface area contributed by atoms with Crippen LogP contribution in [0.1, 0.15) is 125 Å². The molecule has 3 aromatic rings. The zero-order valence-electron chi connectivity index (χ0n) is 39.3. The number of carboxylic acids is 1. The first-order valence-corrected chi connectivity index (χ1v) is 24.7. The average Bonchev–Trinajstić information content (AvgIpc) is 3.81. The third kappa shape index (κ3) is 9.85. The summed E-state index contributed by atoms with van der Waals surface area (Å²) in [5.41, 5.74) is 3.60. The second-order valence-corrected chi connectivity index (χ2v) is 21.9. The summed E-state index contributed by atoms with van der Waals surface area (Å²) in [6.07, 6.45) is 9.76. The summed E-state index contributed by atoms with van der Waals surface area (Å²) in [5.74, 6) is 0.379. The van der Waals surface area contributed by atoms with Gasteiger partial charge in [-0.05, 0) is 159 Å². The molecule has 6 N–H and O–H groups in total. The fraction of sp³-hybridized carbons (Fsp3) is 0.604. The van der Waals surface area contributed by atoms with Crippen LogP contribution in [0.3, 0.4) is 0 Å². The van der Waals surface area contributed by atoms with Gasteiger partial charge >= 0.3 is 11.9 Å². The van der Waals surface area contributed by atoms with Crippen LogP contribution < -0.4 is 16.1 Å². The molecule has 5 fully saturated rings. The number of carbonyl (C=O) groups is 2. The zero-order chi connectivity index (χ0) is 47.0. The van der Waals surface area contributed by atoms with Gasteiger partial charge in [0.1, 0.15) is 11.9 Å². The highest BCUT2D eigenvalue weighted by Gasteiger charge is 2.70. The van der Waals surface area contributed by atoms with Crippen LogP contribution in [0.25, 0.3) is 10.9 Å². The lowest BCUT2D eigenvalue weighted by Crippen LogP contribution is -2.65. The summed E-state index contributed by atoms with van der Waals surface area (Å²) in [4.78, 5) is 40.4. The number of benzene rings is 2. The van der Waals surface area contributed by atoms with Gasteiger partial charge in [0.2, 0.25) is 0 Å². The highest BCUT2D eigenvalue weighted by Crippen LogP contribution is 2.74. The van der Waals surface area contributed by atoms with Crippen molar-refractivity contribution in [1.29, 1.82) is 0 Å². The van der Waals surface area contributed by atoms with E-state index >= 15 is 0 Å². The van der Waals surface area contributed by atoms with Gasteiger partial charge in [0.15, 0.2) is 5.43 Å². The monoisotopic (exact) mass is 931 g/mol. The summed E-state index contributed by atoms with van der Waals surface area (Å²) in [7, 11) is 0. The molecule has 0 spiro atoms. The number of anilines is 1. The van der Waals surface area contributed by atoms with E-state index in [-0.39, 0.29) is 45.5 Å². The Bertz CT molecular complexity index is 2360. The smallest absolute Gasteiger partial charge is 0.331 e. The number of aliphatic carboxylic acids is 1. The third-order valence-corrected chi connectivity index (χ3v) is 17.8. The number of rotatable bonds is 11. The second kappa shape index (κ2) is 19.9. The Labute approximate surface area is 395 Å². The molecule has 0 bridgehead atoms. The summed E-state index contributed by atoms with van der Waals surface area (Å²) in [6.45, 7) is 16.1. The van der Waals surface area contributed by atoms with Gasteiger partial charge in [-0.15, -0.1) is 0 Å². The molecular formula is C53H71Cl2N3O7. The summed E-state index contributed by atoms with van der Waals surface area (Å²) in [5, 5.41) is 41.9. The largest absolute Gasteiger partial charge is 0.478 e. The minimum Gasteiger partial charge on any atom is -0.478 e. The molecule has 1 unspecified atom stereocenters. The molecule has 0 amide bonds. The number of allylic oxidation sites excluding steroid dienone is 2. The van der Waals surface area contributed by atoms with Crippen LogP contribution in [0.4, 0.5) is 5.82 Å². The van der Waals surface area contributed by atoms with Crippen LogP contribution in [-0.4, -0.2) is 63.1 Å². The van der Waals surface area contributed by atoms with E-state index in [0.29, 0.717) is 59.2 Å². The van der Waals surface area contributed by atoms with Crippen molar-refractivity contribution in [2.75, 3.05) is 11.9 Å². The number of H-pyrrole nitrogens is 1. The first kappa shape index (κ1) is 49.2. The molecule has 12 heteroatoms. The second-order valence-electron chi connectivity index (χ2n) is 21.0. The van der Waals surface area contributed by atoms with Crippen LogP contribution in [0.15, 0.2) is 76.1 Å². The highest BCUT2D eigenvalue weighted by molar-refractivity contribution is 6.42. The number of carbonyl (C=O) groups excluding carboxylic acids is 1. The Morgan fingerprint density at radius 2 is 1.69 bits per heavy atom. The number of para-hydroxylation sites is 1. The average molecular weight is 933 g/mol. The third-order valence-electron chi connectivity index (χ3n) is 17.1. The van der Waals surface area contributed by atoms with Crippen molar-refractivity contribution in [2.24, 2.45) is 45.8 Å². The first-order chi connectivity index (χ1) is 30.8. The van der Waals surface area contributed by atoms with Gasteiger partial charge in [-0.25, -0.2) is 4.79 Å². The number of fused-ring (bicyclic) bond motifs is 6. The molecule has 1 aromatic heterocycles. The van der Waals surface area contributed by atoms with Gasteiger partial charge in [0.25, 0.3) is 0 Å². The van der Waals surface area contributed by atoms with Crippen molar-refractivity contribution in [3.63, 3.8) is 0 Å². The molecule has 10 nitrogen and oxygen atoms in total. The van der Waals surface area contributed by atoms with Crippen LogP contribution in [0, 0.1) is 45.8 Å². The molecule has 0 radical (unpaired) electrons. The number of hydrogen-bond acceptors (Lipinski definition) is 8. The van der Waals surface area contributed by atoms with Gasteiger partial charge in [0.05, 0.1) is 27.8 Å². The van der Waals surface area contributed by atoms with E-state index in [0.717, 1.165) is 78.6 Å². The number of pyridine rings is 1. The summed E-state index contributed by atoms with van der Waals surface area (Å²) in [6, 6.07) is 15.4. The maximum absolute atomic E-state index is 12.6. The normalized spacial score (nSPS) is 34.6. The molecule has 5 aliphatic carbocycles. The van der Waals surface area contributed by atoms with Crippen LogP contribution in [-0.2, 0) is 20.9 Å². The zero-order valence-corrected chi connectivity index (χ0v) is 40.8. The van der Waals surface area contributed by atoms with E-state index in [1.165, 1.54) is 19.8 Å². The SMILES string of the molecule is CC(=O)O[C@H]1C[C@@]2(C)[C@@H](C[C@@H](O)C3[C@]2(C)CC[C@H]2[C@H](C)[C@H](O)CC[C@]32C)/C1=C(/CCC=C(C)C)C(=O)O.O=c1cc(NC[C@H]2CCC[C@@H]2NCc2ccc(Cl)c(Cl)c2)[nH]c2ccccc12. The van der Waals surface area contributed by atoms with E-state index in [1.54, 1.807) is 6.07 Å². The Kier molecular flexibility index (Phi) is 15.1. The van der Waals surface area contributed by atoms with E-state index < -0.39 is 24.1 Å². The number of aromatic nitrogens is 1. The number of nitrogens with one attached hydrogen (secondary N) is 3.